The van der Waals surface area contributed by atoms with Gasteiger partial charge in [0.2, 0.25) is 0 Å². The zero-order valence-corrected chi connectivity index (χ0v) is 12.4. The molecule has 1 aromatic rings. The smallest absolute Gasteiger partial charge is 0.207 e. The van der Waals surface area contributed by atoms with E-state index < -0.39 is 33.5 Å². The number of benzene rings is 1. The summed E-state index contributed by atoms with van der Waals surface area (Å²) in [7, 11) is -9.62. The lowest BCUT2D eigenvalue weighted by atomic mass is 10.2. The lowest BCUT2D eigenvalue weighted by Gasteiger charge is -2.40. The van der Waals surface area contributed by atoms with Crippen molar-refractivity contribution in [3.8, 4) is 0 Å². The number of halogens is 7. The number of hydrogen-bond donors (Lipinski definition) is 0. The molecule has 0 aromatic heterocycles. The van der Waals surface area contributed by atoms with Crippen LogP contribution in [0.1, 0.15) is 5.56 Å². The van der Waals surface area contributed by atoms with Gasteiger partial charge in [-0.1, -0.05) is 35.4 Å². The van der Waals surface area contributed by atoms with Gasteiger partial charge in [-0.25, -0.2) is 8.42 Å². The monoisotopic (exact) mass is 394 g/mol. The molecule has 0 saturated heterocycles. The van der Waals surface area contributed by atoms with Crippen molar-refractivity contribution in [2.24, 2.45) is 0 Å². The highest BCUT2D eigenvalue weighted by atomic mass is 79.9. The van der Waals surface area contributed by atoms with Crippen LogP contribution in [-0.4, -0.2) is 8.42 Å². The molecule has 106 valence electrons. The summed E-state index contributed by atoms with van der Waals surface area (Å²) in [6.07, 6.45) is 0. The molecule has 0 aliphatic carbocycles. The fraction of sp³-hybridized carbons (Fsp3) is 0.143. The van der Waals surface area contributed by atoms with Crippen LogP contribution in [0.3, 0.4) is 0 Å². The molecule has 18 heavy (non-hydrogen) atoms. The van der Waals surface area contributed by atoms with Crippen molar-refractivity contribution in [1.29, 1.82) is 0 Å². The van der Waals surface area contributed by atoms with Crippen LogP contribution in [0.25, 0.3) is 0 Å². The second-order valence-electron chi connectivity index (χ2n) is 3.44. The summed E-state index contributed by atoms with van der Waals surface area (Å²) < 4.78 is 84.5. The summed E-state index contributed by atoms with van der Waals surface area (Å²) in [4.78, 5) is -3.33. The van der Waals surface area contributed by atoms with Crippen molar-refractivity contribution >= 4 is 45.9 Å². The van der Waals surface area contributed by atoms with Crippen LogP contribution >= 0.6 is 36.8 Å². The van der Waals surface area contributed by atoms with Gasteiger partial charge in [-0.05, 0) is 24.6 Å². The minimum Gasteiger partial charge on any atom is -0.207 e. The second kappa shape index (κ2) is 3.53. The van der Waals surface area contributed by atoms with Gasteiger partial charge in [0.15, 0.2) is 0 Å². The van der Waals surface area contributed by atoms with Gasteiger partial charge in [0.25, 0.3) is 9.05 Å². The van der Waals surface area contributed by atoms with Crippen molar-refractivity contribution in [2.75, 3.05) is 0 Å². The first-order chi connectivity index (χ1) is 7.52. The molecule has 0 fully saturated rings. The molecule has 0 saturated carbocycles. The van der Waals surface area contributed by atoms with Gasteiger partial charge in [-0.15, -0.1) is 0 Å². The van der Waals surface area contributed by atoms with E-state index in [0.717, 1.165) is 6.92 Å². The van der Waals surface area contributed by atoms with E-state index in [1.807, 2.05) is 0 Å². The third-order valence-electron chi connectivity index (χ3n) is 1.98. The molecular weight excluding hydrogens is 391 g/mol. The molecule has 1 aromatic carbocycles. The Balaban J connectivity index is 3.82. The van der Waals surface area contributed by atoms with E-state index in [9.17, 15) is 27.8 Å². The Bertz CT molecular complexity index is 625. The van der Waals surface area contributed by atoms with Gasteiger partial charge < -0.3 is 0 Å². The van der Waals surface area contributed by atoms with Crippen LogP contribution in [0.4, 0.5) is 19.4 Å². The second-order valence-corrected chi connectivity index (χ2v) is 9.23. The van der Waals surface area contributed by atoms with Crippen LogP contribution in [0, 0.1) is 6.92 Å². The maximum absolute atomic E-state index is 12.6. The van der Waals surface area contributed by atoms with Crippen molar-refractivity contribution < 1.29 is 27.8 Å². The highest BCUT2D eigenvalue weighted by molar-refractivity contribution is 9.10. The Hall–Kier alpha value is -0.0600. The van der Waals surface area contributed by atoms with Crippen molar-refractivity contribution in [1.82, 2.24) is 0 Å². The summed E-state index contributed by atoms with van der Waals surface area (Å²) in [6, 6.07) is -0.0353. The molecule has 0 aliphatic heterocycles. The summed E-state index contributed by atoms with van der Waals surface area (Å²) in [6.45, 7) is 1.13. The molecule has 2 nitrogen and oxygen atoms in total. The Kier molecular flexibility index (Phi) is 3.13. The molecule has 0 unspecified atom stereocenters. The minimum absolute atomic E-state index is 0.127. The predicted molar refractivity (Wildman–Crippen MR) is 63.3 cm³/mol. The van der Waals surface area contributed by atoms with Gasteiger partial charge in [0.05, 0.1) is 4.90 Å². The fourth-order valence-corrected chi connectivity index (χ4v) is 3.83. The van der Waals surface area contributed by atoms with E-state index >= 15 is 0 Å². The minimum atomic E-state index is -9.96. The Morgan fingerprint density at radius 2 is 1.61 bits per heavy atom. The van der Waals surface area contributed by atoms with E-state index in [0.29, 0.717) is 0 Å². The Morgan fingerprint density at radius 1 is 1.17 bits per heavy atom. The SMILES string of the molecule is Cc1c(Br)cc(S(F)(F)(F)(F)F)cc1S(=O)(=O)Cl. The van der Waals surface area contributed by atoms with E-state index in [1.54, 1.807) is 0 Å². The molecule has 1 rings (SSSR count). The normalized spacial score (nSPS) is 17.1. The number of rotatable bonds is 2. The quantitative estimate of drug-likeness (QED) is 0.500. The maximum Gasteiger partial charge on any atom is 0.310 e. The Morgan fingerprint density at radius 3 is 1.94 bits per heavy atom. The van der Waals surface area contributed by atoms with Crippen LogP contribution < -0.4 is 0 Å². The Labute approximate surface area is 112 Å². The van der Waals surface area contributed by atoms with E-state index in [-0.39, 0.29) is 17.7 Å². The summed E-state index contributed by atoms with van der Waals surface area (Å²) in [5.74, 6) is 0. The van der Waals surface area contributed by atoms with Crippen LogP contribution in [0.15, 0.2) is 26.4 Å². The maximum atomic E-state index is 12.6. The van der Waals surface area contributed by atoms with E-state index in [4.69, 9.17) is 10.7 Å². The third-order valence-corrected chi connectivity index (χ3v) is 5.38. The first-order valence-corrected chi connectivity index (χ1v) is 9.06. The predicted octanol–water partition coefficient (Wildman–Crippen LogP) is 5.34. The standard InChI is InChI=1S/C7H5BrClF5O2S2/c1-4-6(8)2-5(18(10,11,12,13)14)3-7(4)17(9,15)16/h2-3H,1H3. The van der Waals surface area contributed by atoms with Gasteiger partial charge in [0.1, 0.15) is 4.90 Å². The first-order valence-electron chi connectivity index (χ1n) is 4.01. The highest BCUT2D eigenvalue weighted by Gasteiger charge is 2.65. The molecule has 0 N–H and O–H groups in total. The molecule has 0 heterocycles. The van der Waals surface area contributed by atoms with E-state index in [1.165, 1.54) is 0 Å². The first kappa shape index (κ1) is 16.0. The molecule has 11 heteroatoms. The topological polar surface area (TPSA) is 34.1 Å². The molecule has 0 bridgehead atoms. The zero-order chi connectivity index (χ0) is 14.6. The molecule has 0 atom stereocenters. The van der Waals surface area contributed by atoms with Crippen molar-refractivity contribution in [2.45, 2.75) is 16.7 Å². The van der Waals surface area contributed by atoms with E-state index in [2.05, 4.69) is 15.9 Å². The third kappa shape index (κ3) is 3.49. The largest absolute Gasteiger partial charge is 0.310 e. The molecule has 0 amide bonds. The number of hydrogen-bond acceptors (Lipinski definition) is 2. The lowest BCUT2D eigenvalue weighted by molar-refractivity contribution is 0.363. The summed E-state index contributed by atoms with van der Waals surface area (Å²) in [5, 5.41) is 0. The van der Waals surface area contributed by atoms with Crippen LogP contribution in [0.2, 0.25) is 0 Å². The van der Waals surface area contributed by atoms with Gasteiger partial charge >= 0.3 is 10.2 Å². The summed E-state index contributed by atoms with van der Waals surface area (Å²) >= 11 is 2.59. The molecule has 0 spiro atoms. The van der Waals surface area contributed by atoms with Crippen LogP contribution in [0.5, 0.6) is 0 Å². The average molecular weight is 396 g/mol. The average Bonchev–Trinajstić information content (AvgIpc) is 2.02. The van der Waals surface area contributed by atoms with Crippen molar-refractivity contribution in [3.05, 3.63) is 22.2 Å². The zero-order valence-electron chi connectivity index (χ0n) is 8.43. The molecule has 0 radical (unpaired) electrons. The van der Waals surface area contributed by atoms with Gasteiger partial charge in [-0.2, -0.15) is 0 Å². The van der Waals surface area contributed by atoms with Crippen molar-refractivity contribution in [3.63, 3.8) is 0 Å². The van der Waals surface area contributed by atoms with Gasteiger partial charge in [-0.3, -0.25) is 0 Å². The van der Waals surface area contributed by atoms with Gasteiger partial charge in [0, 0.05) is 15.2 Å². The highest BCUT2D eigenvalue weighted by Crippen LogP contribution is 3.02. The lowest BCUT2D eigenvalue weighted by Crippen LogP contribution is -2.08. The molecular formula is C7H5BrClF5O2S2. The molecule has 0 aliphatic rings. The summed E-state index contributed by atoms with van der Waals surface area (Å²) in [5.41, 5.74) is -0.185. The van der Waals surface area contributed by atoms with Crippen LogP contribution in [-0.2, 0) is 9.05 Å². The fourth-order valence-electron chi connectivity index (χ4n) is 1.11.